The molecule has 17 heavy (non-hydrogen) atoms. The van der Waals surface area contributed by atoms with Gasteiger partial charge in [0, 0.05) is 12.5 Å². The summed E-state index contributed by atoms with van der Waals surface area (Å²) in [6.45, 7) is 0.688. The number of hydrogen-bond donors (Lipinski definition) is 2. The molecule has 1 aliphatic carbocycles. The van der Waals surface area contributed by atoms with Crippen molar-refractivity contribution in [1.29, 1.82) is 0 Å². The summed E-state index contributed by atoms with van der Waals surface area (Å²) in [6, 6.07) is 5.15. The van der Waals surface area contributed by atoms with Crippen LogP contribution in [0.3, 0.4) is 0 Å². The number of hydrogen-bond acceptors (Lipinski definition) is 2. The van der Waals surface area contributed by atoms with E-state index in [1.165, 1.54) is 6.07 Å². The first kappa shape index (κ1) is 12.0. The highest BCUT2D eigenvalue weighted by molar-refractivity contribution is 5.66. The highest BCUT2D eigenvalue weighted by atomic mass is 19.1. The maximum Gasteiger partial charge on any atom is 0.303 e. The summed E-state index contributed by atoms with van der Waals surface area (Å²) in [5, 5.41) is 11.9. The Morgan fingerprint density at radius 1 is 1.53 bits per heavy atom. The second-order valence-corrected chi connectivity index (χ2v) is 4.39. The molecule has 1 aromatic carbocycles. The van der Waals surface area contributed by atoms with Gasteiger partial charge in [-0.3, -0.25) is 4.79 Å². The van der Waals surface area contributed by atoms with E-state index in [1.807, 2.05) is 6.07 Å². The van der Waals surface area contributed by atoms with Gasteiger partial charge in [-0.25, -0.2) is 4.39 Å². The molecule has 92 valence electrons. The van der Waals surface area contributed by atoms with E-state index in [9.17, 15) is 9.18 Å². The molecule has 0 saturated carbocycles. The molecule has 1 aliphatic rings. The summed E-state index contributed by atoms with van der Waals surface area (Å²) in [5.41, 5.74) is 2.22. The maximum atomic E-state index is 13.0. The summed E-state index contributed by atoms with van der Waals surface area (Å²) >= 11 is 0. The lowest BCUT2D eigenvalue weighted by atomic mass is 10.1. The molecule has 0 heterocycles. The van der Waals surface area contributed by atoms with E-state index < -0.39 is 5.97 Å². The van der Waals surface area contributed by atoms with E-state index in [-0.39, 0.29) is 18.3 Å². The van der Waals surface area contributed by atoms with E-state index in [4.69, 9.17) is 5.11 Å². The zero-order valence-electron chi connectivity index (χ0n) is 9.58. The zero-order chi connectivity index (χ0) is 12.3. The number of aryl methyl sites for hydroxylation is 1. The number of fused-ring (bicyclic) bond motifs is 1. The van der Waals surface area contributed by atoms with Gasteiger partial charge in [0.1, 0.15) is 5.82 Å². The van der Waals surface area contributed by atoms with Crippen LogP contribution in [0, 0.1) is 5.82 Å². The quantitative estimate of drug-likeness (QED) is 0.772. The van der Waals surface area contributed by atoms with Gasteiger partial charge in [-0.2, -0.15) is 0 Å². The van der Waals surface area contributed by atoms with Crippen LogP contribution < -0.4 is 5.32 Å². The van der Waals surface area contributed by atoms with E-state index >= 15 is 0 Å². The van der Waals surface area contributed by atoms with Crippen molar-refractivity contribution in [2.75, 3.05) is 6.54 Å². The molecule has 0 amide bonds. The molecule has 0 aliphatic heterocycles. The Kier molecular flexibility index (Phi) is 3.74. The van der Waals surface area contributed by atoms with Gasteiger partial charge in [0.25, 0.3) is 0 Å². The SMILES string of the molecule is O=C(O)CCCNC1CCc2cc(F)ccc21. The molecule has 0 saturated heterocycles. The molecule has 1 atom stereocenters. The Bertz CT molecular complexity index is 420. The van der Waals surface area contributed by atoms with E-state index in [2.05, 4.69) is 5.32 Å². The van der Waals surface area contributed by atoms with Crippen molar-refractivity contribution in [1.82, 2.24) is 5.32 Å². The Balaban J connectivity index is 1.87. The molecule has 0 fully saturated rings. The highest BCUT2D eigenvalue weighted by Crippen LogP contribution is 2.31. The average Bonchev–Trinajstić information content (AvgIpc) is 2.66. The third-order valence-electron chi connectivity index (χ3n) is 3.14. The number of aliphatic carboxylic acids is 1. The predicted octanol–water partition coefficient (Wildman–Crippen LogP) is 2.27. The van der Waals surface area contributed by atoms with Gasteiger partial charge in [-0.1, -0.05) is 6.07 Å². The van der Waals surface area contributed by atoms with Crippen LogP contribution in [0.1, 0.15) is 36.4 Å². The lowest BCUT2D eigenvalue weighted by molar-refractivity contribution is -0.137. The number of rotatable bonds is 5. The van der Waals surface area contributed by atoms with E-state index in [1.54, 1.807) is 6.07 Å². The largest absolute Gasteiger partial charge is 0.481 e. The first-order valence-electron chi connectivity index (χ1n) is 5.90. The van der Waals surface area contributed by atoms with Crippen molar-refractivity contribution >= 4 is 5.97 Å². The number of halogens is 1. The number of carboxylic acid groups (broad SMARTS) is 1. The van der Waals surface area contributed by atoms with Crippen LogP contribution in [-0.2, 0) is 11.2 Å². The lowest BCUT2D eigenvalue weighted by Crippen LogP contribution is -2.21. The smallest absolute Gasteiger partial charge is 0.303 e. The van der Waals surface area contributed by atoms with Crippen LogP contribution >= 0.6 is 0 Å². The summed E-state index contributed by atoms with van der Waals surface area (Å²) in [6.07, 6.45) is 2.67. The van der Waals surface area contributed by atoms with Gasteiger partial charge in [0.2, 0.25) is 0 Å². The minimum atomic E-state index is -0.763. The number of nitrogens with one attached hydrogen (secondary N) is 1. The molecule has 0 bridgehead atoms. The van der Waals surface area contributed by atoms with Crippen molar-refractivity contribution in [2.45, 2.75) is 31.7 Å². The Labute approximate surface area is 99.7 Å². The highest BCUT2D eigenvalue weighted by Gasteiger charge is 2.21. The third-order valence-corrected chi connectivity index (χ3v) is 3.14. The van der Waals surface area contributed by atoms with Gasteiger partial charge in [-0.15, -0.1) is 0 Å². The van der Waals surface area contributed by atoms with Crippen LogP contribution in [0.5, 0.6) is 0 Å². The molecule has 1 unspecified atom stereocenters. The van der Waals surface area contributed by atoms with Crippen LogP contribution in [0.4, 0.5) is 4.39 Å². The van der Waals surface area contributed by atoms with Crippen molar-refractivity contribution in [3.8, 4) is 0 Å². The molecule has 2 N–H and O–H groups in total. The van der Waals surface area contributed by atoms with Crippen molar-refractivity contribution < 1.29 is 14.3 Å². The number of carbonyl (C=O) groups is 1. The first-order chi connectivity index (χ1) is 8.16. The summed E-state index contributed by atoms with van der Waals surface area (Å²) < 4.78 is 13.0. The molecule has 0 aromatic heterocycles. The first-order valence-corrected chi connectivity index (χ1v) is 5.90. The molecule has 0 spiro atoms. The number of benzene rings is 1. The Morgan fingerprint density at radius 2 is 2.35 bits per heavy atom. The van der Waals surface area contributed by atoms with Crippen molar-refractivity contribution in [3.63, 3.8) is 0 Å². The summed E-state index contributed by atoms with van der Waals surface area (Å²) in [7, 11) is 0. The fraction of sp³-hybridized carbons (Fsp3) is 0.462. The normalized spacial score (nSPS) is 18.1. The van der Waals surface area contributed by atoms with Gasteiger partial charge in [0.05, 0.1) is 0 Å². The molecule has 2 rings (SSSR count). The molecule has 0 radical (unpaired) electrons. The van der Waals surface area contributed by atoms with Gasteiger partial charge in [-0.05, 0) is 49.1 Å². The van der Waals surface area contributed by atoms with Crippen LogP contribution in [0.25, 0.3) is 0 Å². The molecular formula is C13H16FNO2. The monoisotopic (exact) mass is 237 g/mol. The maximum absolute atomic E-state index is 13.0. The van der Waals surface area contributed by atoms with E-state index in [0.717, 1.165) is 24.0 Å². The molecular weight excluding hydrogens is 221 g/mol. The van der Waals surface area contributed by atoms with Crippen LogP contribution in [0.2, 0.25) is 0 Å². The Hall–Kier alpha value is -1.42. The average molecular weight is 237 g/mol. The molecule has 4 heteroatoms. The summed E-state index contributed by atoms with van der Waals surface area (Å²) in [5.74, 6) is -0.948. The van der Waals surface area contributed by atoms with Crippen molar-refractivity contribution in [2.24, 2.45) is 0 Å². The van der Waals surface area contributed by atoms with Gasteiger partial charge < -0.3 is 10.4 Å². The summed E-state index contributed by atoms with van der Waals surface area (Å²) in [4.78, 5) is 10.4. The molecule has 1 aromatic rings. The van der Waals surface area contributed by atoms with Gasteiger partial charge >= 0.3 is 5.97 Å². The predicted molar refractivity (Wildman–Crippen MR) is 62.3 cm³/mol. The fourth-order valence-electron chi connectivity index (χ4n) is 2.31. The molecule has 3 nitrogen and oxygen atoms in total. The van der Waals surface area contributed by atoms with Crippen molar-refractivity contribution in [3.05, 3.63) is 35.1 Å². The minimum Gasteiger partial charge on any atom is -0.481 e. The van der Waals surface area contributed by atoms with Crippen LogP contribution in [0.15, 0.2) is 18.2 Å². The number of carboxylic acids is 1. The lowest BCUT2D eigenvalue weighted by Gasteiger charge is -2.13. The second kappa shape index (κ2) is 5.27. The standard InChI is InChI=1S/C13H16FNO2/c14-10-4-5-11-9(8-10)3-6-12(11)15-7-1-2-13(16)17/h4-5,8,12,15H,1-3,6-7H2,(H,16,17). The van der Waals surface area contributed by atoms with E-state index in [0.29, 0.717) is 13.0 Å². The topological polar surface area (TPSA) is 49.3 Å². The zero-order valence-corrected chi connectivity index (χ0v) is 9.58. The van der Waals surface area contributed by atoms with Crippen LogP contribution in [-0.4, -0.2) is 17.6 Å². The second-order valence-electron chi connectivity index (χ2n) is 4.39. The minimum absolute atomic E-state index is 0.185. The van der Waals surface area contributed by atoms with Gasteiger partial charge in [0.15, 0.2) is 0 Å². The third kappa shape index (κ3) is 3.03. The Morgan fingerprint density at radius 3 is 3.12 bits per heavy atom. The fourth-order valence-corrected chi connectivity index (χ4v) is 2.31.